The Labute approximate surface area is 196 Å². The number of aliphatic imine (C=N–C) groups is 1. The lowest BCUT2D eigenvalue weighted by Gasteiger charge is -2.42. The maximum absolute atomic E-state index is 13.8. The molecule has 168 valence electrons. The molecule has 0 spiro atoms. The number of benzene rings is 1. The number of rotatable bonds is 6. The summed E-state index contributed by atoms with van der Waals surface area (Å²) in [5.41, 5.74) is 7.08. The van der Waals surface area contributed by atoms with Gasteiger partial charge in [0, 0.05) is 41.4 Å². The van der Waals surface area contributed by atoms with Crippen LogP contribution in [0.2, 0.25) is 0 Å². The van der Waals surface area contributed by atoms with E-state index in [-0.39, 0.29) is 13.2 Å². The Hall–Kier alpha value is -2.63. The number of carbonyl (C=O) groups excluding carboxylic acids is 2. The zero-order valence-electron chi connectivity index (χ0n) is 17.3. The van der Waals surface area contributed by atoms with Crippen molar-refractivity contribution >= 4 is 45.0 Å². The van der Waals surface area contributed by atoms with Gasteiger partial charge >= 0.3 is 5.97 Å². The monoisotopic (exact) mass is 521 g/mol. The molecule has 1 aromatic heterocycles. The first kappa shape index (κ1) is 22.6. The highest BCUT2D eigenvalue weighted by molar-refractivity contribution is 9.10. The molecule has 1 amide bonds. The molecule has 1 atom stereocenters. The highest BCUT2D eigenvalue weighted by atomic mass is 79.9. The molecule has 11 heteroatoms. The van der Waals surface area contributed by atoms with Crippen molar-refractivity contribution in [3.63, 3.8) is 0 Å². The van der Waals surface area contributed by atoms with Gasteiger partial charge in [-0.15, -0.1) is 11.3 Å². The molecule has 32 heavy (non-hydrogen) atoms. The third kappa shape index (κ3) is 4.45. The zero-order chi connectivity index (χ0) is 22.8. The van der Waals surface area contributed by atoms with Crippen LogP contribution >= 0.6 is 27.3 Å². The van der Waals surface area contributed by atoms with Gasteiger partial charge in [-0.3, -0.25) is 14.7 Å². The van der Waals surface area contributed by atoms with Crippen molar-refractivity contribution in [2.24, 2.45) is 10.7 Å². The number of thiazole rings is 1. The van der Waals surface area contributed by atoms with Gasteiger partial charge in [0.15, 0.2) is 10.8 Å². The SMILES string of the molecule is CCOC(=O)C1=C2CN(CC(N)=O)CCN2C(c2nccs2)=NC1c1ccc(F)cc1Br. The fraction of sp³-hybridized carbons (Fsp3) is 0.333. The number of piperazine rings is 1. The van der Waals surface area contributed by atoms with E-state index >= 15 is 0 Å². The number of amidine groups is 1. The summed E-state index contributed by atoms with van der Waals surface area (Å²) in [7, 11) is 0. The van der Waals surface area contributed by atoms with E-state index in [0.717, 1.165) is 0 Å². The Kier molecular flexibility index (Phi) is 6.68. The summed E-state index contributed by atoms with van der Waals surface area (Å²) in [6.45, 7) is 3.38. The highest BCUT2D eigenvalue weighted by Gasteiger charge is 2.40. The molecule has 2 aromatic rings. The summed E-state index contributed by atoms with van der Waals surface area (Å²) in [4.78, 5) is 37.9. The van der Waals surface area contributed by atoms with Crippen LogP contribution < -0.4 is 5.73 Å². The molecular weight excluding hydrogens is 501 g/mol. The van der Waals surface area contributed by atoms with Crippen molar-refractivity contribution in [3.05, 3.63) is 61.9 Å². The molecule has 2 aliphatic heterocycles. The topological polar surface area (TPSA) is 101 Å². The Morgan fingerprint density at radius 3 is 2.84 bits per heavy atom. The summed E-state index contributed by atoms with van der Waals surface area (Å²) in [6.07, 6.45) is 1.69. The van der Waals surface area contributed by atoms with Crippen LogP contribution in [0, 0.1) is 5.82 Å². The van der Waals surface area contributed by atoms with E-state index in [1.807, 2.05) is 15.2 Å². The second-order valence-electron chi connectivity index (χ2n) is 7.27. The van der Waals surface area contributed by atoms with Gasteiger partial charge < -0.3 is 15.4 Å². The van der Waals surface area contributed by atoms with E-state index in [1.54, 1.807) is 19.2 Å². The lowest BCUT2D eigenvalue weighted by atomic mass is 9.93. The van der Waals surface area contributed by atoms with E-state index in [1.165, 1.54) is 23.5 Å². The normalized spacial score (nSPS) is 18.9. The molecule has 1 unspecified atom stereocenters. The quantitative estimate of drug-likeness (QED) is 0.586. The minimum Gasteiger partial charge on any atom is -0.463 e. The van der Waals surface area contributed by atoms with Gasteiger partial charge in [0.05, 0.1) is 18.7 Å². The van der Waals surface area contributed by atoms with E-state index in [0.29, 0.717) is 51.8 Å². The fourth-order valence-electron chi connectivity index (χ4n) is 3.88. The molecule has 1 fully saturated rings. The lowest BCUT2D eigenvalue weighted by molar-refractivity contribution is -0.139. The van der Waals surface area contributed by atoms with Crippen molar-refractivity contribution < 1.29 is 18.7 Å². The first-order valence-corrected chi connectivity index (χ1v) is 11.7. The smallest absolute Gasteiger partial charge is 0.338 e. The number of aromatic nitrogens is 1. The van der Waals surface area contributed by atoms with E-state index in [9.17, 15) is 14.0 Å². The molecule has 2 aliphatic rings. The van der Waals surface area contributed by atoms with Crippen LogP contribution in [0.25, 0.3) is 0 Å². The molecule has 0 aliphatic carbocycles. The molecule has 2 N–H and O–H groups in total. The number of esters is 1. The number of hydrogen-bond donors (Lipinski definition) is 1. The summed E-state index contributed by atoms with van der Waals surface area (Å²) in [5, 5.41) is 2.56. The van der Waals surface area contributed by atoms with E-state index in [4.69, 9.17) is 15.5 Å². The van der Waals surface area contributed by atoms with Crippen LogP contribution in [0.1, 0.15) is 23.5 Å². The molecule has 1 saturated heterocycles. The molecular formula is C21H21BrFN5O3S. The second-order valence-corrected chi connectivity index (χ2v) is 9.02. The third-order valence-corrected chi connectivity index (χ3v) is 6.64. The Morgan fingerprint density at radius 1 is 1.38 bits per heavy atom. The molecule has 4 rings (SSSR count). The van der Waals surface area contributed by atoms with Crippen LogP contribution in [0.4, 0.5) is 4.39 Å². The zero-order valence-corrected chi connectivity index (χ0v) is 19.7. The number of ether oxygens (including phenoxy) is 1. The van der Waals surface area contributed by atoms with Crippen molar-refractivity contribution in [1.29, 1.82) is 0 Å². The molecule has 3 heterocycles. The maximum Gasteiger partial charge on any atom is 0.338 e. The molecule has 8 nitrogen and oxygen atoms in total. The summed E-state index contributed by atoms with van der Waals surface area (Å²) in [6, 6.07) is 3.54. The average Bonchev–Trinajstić information content (AvgIpc) is 3.27. The predicted molar refractivity (Wildman–Crippen MR) is 121 cm³/mol. The largest absolute Gasteiger partial charge is 0.463 e. The number of halogens is 2. The standard InChI is InChI=1S/C21H21BrFN5O3S/c1-2-31-21(30)17-15-10-27(11-16(24)29)6-7-28(15)19(20-25-5-8-32-20)26-18(17)13-4-3-12(23)9-14(13)22/h3-5,8-9,18H,2,6-7,10-11H2,1H3,(H2,24,29). The number of amides is 1. The number of fused-ring (bicyclic) bond motifs is 1. The van der Waals surface area contributed by atoms with Crippen LogP contribution in [0.15, 0.2) is 50.5 Å². The minimum absolute atomic E-state index is 0.0715. The Bertz CT molecular complexity index is 1100. The van der Waals surface area contributed by atoms with Gasteiger partial charge in [0.25, 0.3) is 0 Å². The number of hydrogen-bond acceptors (Lipinski definition) is 8. The number of nitrogens with zero attached hydrogens (tertiary/aromatic N) is 4. The highest BCUT2D eigenvalue weighted by Crippen LogP contribution is 2.40. The minimum atomic E-state index is -0.734. The van der Waals surface area contributed by atoms with Crippen LogP contribution in [0.3, 0.4) is 0 Å². The molecule has 0 bridgehead atoms. The Balaban J connectivity index is 1.89. The van der Waals surface area contributed by atoms with Crippen LogP contribution in [-0.2, 0) is 14.3 Å². The average molecular weight is 522 g/mol. The van der Waals surface area contributed by atoms with E-state index < -0.39 is 23.7 Å². The van der Waals surface area contributed by atoms with Crippen LogP contribution in [0.5, 0.6) is 0 Å². The van der Waals surface area contributed by atoms with Crippen molar-refractivity contribution in [2.75, 3.05) is 32.8 Å². The summed E-state index contributed by atoms with van der Waals surface area (Å²) in [5.74, 6) is -0.725. The van der Waals surface area contributed by atoms with Crippen molar-refractivity contribution in [3.8, 4) is 0 Å². The molecule has 0 radical (unpaired) electrons. The first-order chi connectivity index (χ1) is 15.4. The van der Waals surface area contributed by atoms with Gasteiger partial charge in [0.2, 0.25) is 5.91 Å². The Morgan fingerprint density at radius 2 is 2.19 bits per heavy atom. The number of carbonyl (C=O) groups is 2. The van der Waals surface area contributed by atoms with Crippen molar-refractivity contribution in [2.45, 2.75) is 13.0 Å². The lowest BCUT2D eigenvalue weighted by Crippen LogP contribution is -2.52. The summed E-state index contributed by atoms with van der Waals surface area (Å²) < 4.78 is 19.7. The van der Waals surface area contributed by atoms with E-state index in [2.05, 4.69) is 20.9 Å². The van der Waals surface area contributed by atoms with Gasteiger partial charge in [-0.25, -0.2) is 14.2 Å². The number of nitrogens with two attached hydrogens (primary N) is 1. The second kappa shape index (κ2) is 9.47. The van der Waals surface area contributed by atoms with Crippen molar-refractivity contribution in [1.82, 2.24) is 14.8 Å². The molecule has 1 aromatic carbocycles. The maximum atomic E-state index is 13.8. The van der Waals surface area contributed by atoms with Gasteiger partial charge in [0.1, 0.15) is 11.9 Å². The predicted octanol–water partition coefficient (Wildman–Crippen LogP) is 2.47. The van der Waals surface area contributed by atoms with Crippen LogP contribution in [-0.4, -0.2) is 65.3 Å². The first-order valence-electron chi connectivity index (χ1n) is 10.00. The molecule has 0 saturated carbocycles. The van der Waals surface area contributed by atoms with Gasteiger partial charge in [-0.2, -0.15) is 0 Å². The van der Waals surface area contributed by atoms with Gasteiger partial charge in [-0.1, -0.05) is 22.0 Å². The third-order valence-electron chi connectivity index (χ3n) is 5.19. The number of primary amides is 1. The fourth-order valence-corrected chi connectivity index (χ4v) is 5.09. The van der Waals surface area contributed by atoms with Gasteiger partial charge in [-0.05, 0) is 24.6 Å². The summed E-state index contributed by atoms with van der Waals surface area (Å²) >= 11 is 4.86.